The summed E-state index contributed by atoms with van der Waals surface area (Å²) in [5.41, 5.74) is 0.692. The molecule has 0 fully saturated rings. The third-order valence-electron chi connectivity index (χ3n) is 3.71. The second kappa shape index (κ2) is 14.1. The van der Waals surface area contributed by atoms with Crippen LogP contribution in [0.25, 0.3) is 0 Å². The zero-order valence-corrected chi connectivity index (χ0v) is 16.8. The normalized spacial score (nSPS) is 12.6. The average Bonchev–Trinajstić information content (AvgIpc) is 2.70. The van der Waals surface area contributed by atoms with Crippen LogP contribution in [0.5, 0.6) is 11.5 Å². The molecule has 0 heterocycles. The number of benzene rings is 1. The van der Waals surface area contributed by atoms with Crippen molar-refractivity contribution in [2.24, 2.45) is 4.99 Å². The Morgan fingerprint density at radius 1 is 1.04 bits per heavy atom. The second-order valence-electron chi connectivity index (χ2n) is 5.77. The van der Waals surface area contributed by atoms with E-state index in [9.17, 15) is 5.11 Å². The van der Waals surface area contributed by atoms with E-state index in [4.69, 9.17) is 18.9 Å². The molecule has 0 aliphatic rings. The molecule has 1 rings (SSSR count). The van der Waals surface area contributed by atoms with E-state index in [0.717, 1.165) is 19.5 Å². The minimum atomic E-state index is -0.762. The van der Waals surface area contributed by atoms with Gasteiger partial charge in [0.25, 0.3) is 0 Å². The maximum absolute atomic E-state index is 10.5. The lowest BCUT2D eigenvalue weighted by atomic mass is 10.1. The van der Waals surface area contributed by atoms with Crippen molar-refractivity contribution < 1.29 is 24.1 Å². The molecule has 27 heavy (non-hydrogen) atoms. The molecule has 0 aliphatic heterocycles. The van der Waals surface area contributed by atoms with Crippen LogP contribution < -0.4 is 20.1 Å². The van der Waals surface area contributed by atoms with Gasteiger partial charge in [0.05, 0.1) is 40.1 Å². The van der Waals surface area contributed by atoms with Gasteiger partial charge in [0.1, 0.15) is 11.5 Å². The van der Waals surface area contributed by atoms with Gasteiger partial charge in [0.15, 0.2) is 5.96 Å². The first-order valence-corrected chi connectivity index (χ1v) is 9.14. The zero-order chi connectivity index (χ0) is 19.9. The monoisotopic (exact) mass is 383 g/mol. The molecule has 0 aromatic heterocycles. The van der Waals surface area contributed by atoms with E-state index in [1.807, 2.05) is 6.92 Å². The fourth-order valence-electron chi connectivity index (χ4n) is 2.27. The number of nitrogens with zero attached hydrogens (tertiary/aromatic N) is 1. The number of guanidine groups is 1. The molecule has 0 radical (unpaired) electrons. The molecule has 0 bridgehead atoms. The Morgan fingerprint density at radius 3 is 2.33 bits per heavy atom. The van der Waals surface area contributed by atoms with Gasteiger partial charge < -0.3 is 34.7 Å². The number of ether oxygens (including phenoxy) is 4. The Bertz CT molecular complexity index is 532. The quantitative estimate of drug-likeness (QED) is 0.269. The summed E-state index contributed by atoms with van der Waals surface area (Å²) in [7, 11) is 4.81. The molecular weight excluding hydrogens is 350 g/mol. The van der Waals surface area contributed by atoms with Crippen LogP contribution in [0.2, 0.25) is 0 Å². The number of hydrogen-bond acceptors (Lipinski definition) is 6. The zero-order valence-electron chi connectivity index (χ0n) is 16.8. The molecule has 1 atom stereocenters. The molecular formula is C19H33N3O5. The predicted molar refractivity (Wildman–Crippen MR) is 106 cm³/mol. The van der Waals surface area contributed by atoms with Gasteiger partial charge >= 0.3 is 0 Å². The van der Waals surface area contributed by atoms with Gasteiger partial charge in [-0.25, -0.2) is 0 Å². The maximum atomic E-state index is 10.5. The van der Waals surface area contributed by atoms with E-state index < -0.39 is 6.10 Å². The van der Waals surface area contributed by atoms with Gasteiger partial charge in [-0.1, -0.05) is 0 Å². The lowest BCUT2D eigenvalue weighted by Gasteiger charge is -2.15. The van der Waals surface area contributed by atoms with Crippen molar-refractivity contribution in [1.82, 2.24) is 10.6 Å². The fourth-order valence-corrected chi connectivity index (χ4v) is 2.27. The molecule has 0 spiro atoms. The van der Waals surface area contributed by atoms with Crippen molar-refractivity contribution in [2.75, 3.05) is 60.8 Å². The number of nitrogens with one attached hydrogen (secondary N) is 2. The first kappa shape index (κ1) is 23.0. The third-order valence-corrected chi connectivity index (χ3v) is 3.71. The van der Waals surface area contributed by atoms with Crippen molar-refractivity contribution >= 4 is 5.96 Å². The van der Waals surface area contributed by atoms with Crippen LogP contribution in [0.3, 0.4) is 0 Å². The van der Waals surface area contributed by atoms with Crippen LogP contribution in [0.4, 0.5) is 0 Å². The van der Waals surface area contributed by atoms with Gasteiger partial charge in [-0.05, 0) is 31.0 Å². The summed E-state index contributed by atoms with van der Waals surface area (Å²) in [6.45, 7) is 5.53. The van der Waals surface area contributed by atoms with Gasteiger partial charge in [0, 0.05) is 32.9 Å². The van der Waals surface area contributed by atoms with E-state index in [0.29, 0.717) is 42.8 Å². The highest BCUT2D eigenvalue weighted by Gasteiger charge is 2.11. The second-order valence-corrected chi connectivity index (χ2v) is 5.77. The highest BCUT2D eigenvalue weighted by Crippen LogP contribution is 2.26. The Kier molecular flexibility index (Phi) is 12.0. The van der Waals surface area contributed by atoms with Gasteiger partial charge in [-0.15, -0.1) is 0 Å². The smallest absolute Gasteiger partial charge is 0.191 e. The van der Waals surface area contributed by atoms with Crippen molar-refractivity contribution in [3.8, 4) is 11.5 Å². The SMILES string of the molecule is CCNC(=NCC(O)c1cc(OC)cc(OC)c1)NCCCOCCOC. The molecule has 154 valence electrons. The van der Waals surface area contributed by atoms with Crippen LogP contribution in [0.15, 0.2) is 23.2 Å². The summed E-state index contributed by atoms with van der Waals surface area (Å²) < 4.78 is 20.8. The maximum Gasteiger partial charge on any atom is 0.191 e. The fraction of sp³-hybridized carbons (Fsp3) is 0.632. The molecule has 1 unspecified atom stereocenters. The standard InChI is InChI=1S/C19H33N3O5/c1-5-20-19(21-7-6-8-27-10-9-24-2)22-14-18(23)15-11-16(25-3)13-17(12-15)26-4/h11-13,18,23H,5-10,14H2,1-4H3,(H2,20,21,22). The molecule has 0 aliphatic carbocycles. The number of aliphatic imine (C=N–C) groups is 1. The average molecular weight is 383 g/mol. The van der Waals surface area contributed by atoms with E-state index in [1.54, 1.807) is 39.5 Å². The topological polar surface area (TPSA) is 93.6 Å². The first-order valence-electron chi connectivity index (χ1n) is 9.14. The predicted octanol–water partition coefficient (Wildman–Crippen LogP) is 1.35. The summed E-state index contributed by atoms with van der Waals surface area (Å²) in [5.74, 6) is 1.92. The summed E-state index contributed by atoms with van der Waals surface area (Å²) >= 11 is 0. The van der Waals surface area contributed by atoms with Crippen molar-refractivity contribution in [3.63, 3.8) is 0 Å². The number of methoxy groups -OCH3 is 3. The summed E-state index contributed by atoms with van der Waals surface area (Å²) in [5, 5.41) is 16.9. The first-order chi connectivity index (χ1) is 13.1. The van der Waals surface area contributed by atoms with Crippen LogP contribution in [0, 0.1) is 0 Å². The summed E-state index contributed by atoms with van der Waals surface area (Å²) in [6, 6.07) is 5.32. The van der Waals surface area contributed by atoms with E-state index >= 15 is 0 Å². The summed E-state index contributed by atoms with van der Waals surface area (Å²) in [4.78, 5) is 4.45. The van der Waals surface area contributed by atoms with Gasteiger partial charge in [-0.3, -0.25) is 4.99 Å². The largest absolute Gasteiger partial charge is 0.497 e. The molecule has 0 amide bonds. The Balaban J connectivity index is 2.53. The van der Waals surface area contributed by atoms with Crippen LogP contribution in [0.1, 0.15) is 25.0 Å². The van der Waals surface area contributed by atoms with Crippen molar-refractivity contribution in [3.05, 3.63) is 23.8 Å². The van der Waals surface area contributed by atoms with E-state index in [-0.39, 0.29) is 6.54 Å². The minimum absolute atomic E-state index is 0.218. The molecule has 8 heteroatoms. The van der Waals surface area contributed by atoms with Crippen LogP contribution >= 0.6 is 0 Å². The molecule has 0 saturated heterocycles. The number of rotatable bonds is 13. The summed E-state index contributed by atoms with van der Waals surface area (Å²) in [6.07, 6.45) is 0.0888. The lowest BCUT2D eigenvalue weighted by molar-refractivity contribution is 0.0698. The Morgan fingerprint density at radius 2 is 1.74 bits per heavy atom. The number of aliphatic hydroxyl groups excluding tert-OH is 1. The minimum Gasteiger partial charge on any atom is -0.497 e. The molecule has 8 nitrogen and oxygen atoms in total. The van der Waals surface area contributed by atoms with Crippen molar-refractivity contribution in [2.45, 2.75) is 19.4 Å². The lowest BCUT2D eigenvalue weighted by Crippen LogP contribution is -2.38. The van der Waals surface area contributed by atoms with Gasteiger partial charge in [0.2, 0.25) is 0 Å². The molecule has 0 saturated carbocycles. The Hall–Kier alpha value is -2.03. The van der Waals surface area contributed by atoms with Crippen molar-refractivity contribution in [1.29, 1.82) is 0 Å². The number of aliphatic hydroxyl groups is 1. The van der Waals surface area contributed by atoms with Crippen LogP contribution in [-0.4, -0.2) is 71.9 Å². The highest BCUT2D eigenvalue weighted by molar-refractivity contribution is 5.79. The Labute approximate surface area is 161 Å². The highest BCUT2D eigenvalue weighted by atomic mass is 16.5. The molecule has 1 aromatic carbocycles. The third kappa shape index (κ3) is 9.46. The van der Waals surface area contributed by atoms with E-state index in [1.165, 1.54) is 0 Å². The molecule has 1 aromatic rings. The molecule has 3 N–H and O–H groups in total. The number of hydrogen-bond donors (Lipinski definition) is 3. The van der Waals surface area contributed by atoms with E-state index in [2.05, 4.69) is 15.6 Å². The van der Waals surface area contributed by atoms with Gasteiger partial charge in [-0.2, -0.15) is 0 Å². The van der Waals surface area contributed by atoms with Crippen LogP contribution in [-0.2, 0) is 9.47 Å².